The van der Waals surface area contributed by atoms with Crippen molar-refractivity contribution in [1.82, 2.24) is 19.8 Å². The summed E-state index contributed by atoms with van der Waals surface area (Å²) in [5.74, 6) is 0.752. The van der Waals surface area contributed by atoms with Gasteiger partial charge in [0.05, 0.1) is 30.5 Å². The van der Waals surface area contributed by atoms with Crippen LogP contribution in [0.15, 0.2) is 91.3 Å². The van der Waals surface area contributed by atoms with Crippen LogP contribution in [0.1, 0.15) is 34.6 Å². The van der Waals surface area contributed by atoms with Gasteiger partial charge in [0.1, 0.15) is 5.75 Å². The van der Waals surface area contributed by atoms with E-state index < -0.39 is 11.7 Å². The second-order valence-electron chi connectivity index (χ2n) is 8.45. The summed E-state index contributed by atoms with van der Waals surface area (Å²) in [5.41, 5.74) is 2.33. The number of nitrogens with one attached hydrogen (secondary N) is 1. The molecule has 2 aromatic carbocycles. The molecule has 0 saturated carbocycles. The zero-order chi connectivity index (χ0) is 25.3. The average molecular weight is 509 g/mol. The van der Waals surface area contributed by atoms with E-state index in [4.69, 9.17) is 17.0 Å². The lowest BCUT2D eigenvalue weighted by atomic mass is 10.0. The third-order valence-electron chi connectivity index (χ3n) is 6.24. The van der Waals surface area contributed by atoms with Crippen molar-refractivity contribution < 1.29 is 17.9 Å². The number of alkyl halides is 3. The maximum absolute atomic E-state index is 13.4. The first-order chi connectivity index (χ1) is 17.3. The number of rotatable bonds is 6. The van der Waals surface area contributed by atoms with E-state index in [2.05, 4.69) is 15.2 Å². The van der Waals surface area contributed by atoms with E-state index in [9.17, 15) is 13.2 Å². The molecule has 1 aliphatic heterocycles. The van der Waals surface area contributed by atoms with Crippen molar-refractivity contribution in [2.75, 3.05) is 7.11 Å². The quantitative estimate of drug-likeness (QED) is 0.320. The number of ether oxygens (including phenoxy) is 1. The lowest BCUT2D eigenvalue weighted by Crippen LogP contribution is -2.30. The summed E-state index contributed by atoms with van der Waals surface area (Å²) < 4.78 is 47.4. The predicted molar refractivity (Wildman–Crippen MR) is 135 cm³/mol. The number of hydrogen-bond acceptors (Lipinski definition) is 3. The molecule has 0 aliphatic carbocycles. The summed E-state index contributed by atoms with van der Waals surface area (Å²) in [7, 11) is 1.62. The SMILES string of the molecule is COc1ccc(CN2C(=S)N[C@H](c3ccccn3)[C@H]2c2cccn2-c2cccc(C(F)(F)F)c2)cc1. The molecule has 1 N–H and O–H groups in total. The molecule has 0 bridgehead atoms. The molecule has 1 fully saturated rings. The monoisotopic (exact) mass is 508 g/mol. The van der Waals surface area contributed by atoms with Crippen molar-refractivity contribution in [1.29, 1.82) is 0 Å². The molecule has 5 rings (SSSR count). The van der Waals surface area contributed by atoms with Crippen molar-refractivity contribution >= 4 is 17.3 Å². The second-order valence-corrected chi connectivity index (χ2v) is 8.84. The molecule has 0 amide bonds. The Morgan fingerprint density at radius 1 is 1.00 bits per heavy atom. The van der Waals surface area contributed by atoms with Gasteiger partial charge in [-0.05, 0) is 72.4 Å². The summed E-state index contributed by atoms with van der Waals surface area (Å²) in [6.07, 6.45) is -0.945. The molecule has 9 heteroatoms. The molecule has 1 aliphatic rings. The second kappa shape index (κ2) is 9.66. The highest BCUT2D eigenvalue weighted by Gasteiger charge is 2.41. The number of pyridine rings is 1. The van der Waals surface area contributed by atoms with Gasteiger partial charge in [-0.1, -0.05) is 24.3 Å². The van der Waals surface area contributed by atoms with Gasteiger partial charge < -0.3 is 19.5 Å². The van der Waals surface area contributed by atoms with Crippen LogP contribution in [0, 0.1) is 0 Å². The van der Waals surface area contributed by atoms with Crippen LogP contribution in [0.3, 0.4) is 0 Å². The van der Waals surface area contributed by atoms with Gasteiger partial charge in [0.25, 0.3) is 0 Å². The number of thiocarbonyl (C=S) groups is 1. The Kier molecular flexibility index (Phi) is 6.40. The van der Waals surface area contributed by atoms with Gasteiger partial charge in [-0.3, -0.25) is 4.98 Å². The Bertz CT molecular complexity index is 1360. The molecular formula is C27H23F3N4OS. The summed E-state index contributed by atoms with van der Waals surface area (Å²) in [6.45, 7) is 0.498. The molecule has 4 aromatic rings. The first-order valence-corrected chi connectivity index (χ1v) is 11.7. The average Bonchev–Trinajstić information content (AvgIpc) is 3.49. The van der Waals surface area contributed by atoms with Crippen LogP contribution in [0.4, 0.5) is 13.2 Å². The van der Waals surface area contributed by atoms with E-state index >= 15 is 0 Å². The number of halogens is 3. The fourth-order valence-corrected chi connectivity index (χ4v) is 4.83. The van der Waals surface area contributed by atoms with E-state index in [1.807, 2.05) is 54.6 Å². The summed E-state index contributed by atoms with van der Waals surface area (Å²) in [5, 5.41) is 3.94. The third-order valence-corrected chi connectivity index (χ3v) is 6.60. The van der Waals surface area contributed by atoms with Crippen LogP contribution >= 0.6 is 12.2 Å². The van der Waals surface area contributed by atoms with E-state index in [-0.39, 0.29) is 12.1 Å². The minimum Gasteiger partial charge on any atom is -0.497 e. The lowest BCUT2D eigenvalue weighted by Gasteiger charge is -2.29. The Hall–Kier alpha value is -3.85. The van der Waals surface area contributed by atoms with Crippen LogP contribution in [0.2, 0.25) is 0 Å². The van der Waals surface area contributed by atoms with Crippen LogP contribution in [-0.4, -0.2) is 26.7 Å². The Balaban J connectivity index is 1.58. The summed E-state index contributed by atoms with van der Waals surface area (Å²) in [4.78, 5) is 6.60. The van der Waals surface area contributed by atoms with Gasteiger partial charge in [-0.2, -0.15) is 13.2 Å². The molecule has 0 unspecified atom stereocenters. The first kappa shape index (κ1) is 23.9. The number of hydrogen-bond donors (Lipinski definition) is 1. The zero-order valence-electron chi connectivity index (χ0n) is 19.3. The largest absolute Gasteiger partial charge is 0.497 e. The first-order valence-electron chi connectivity index (χ1n) is 11.3. The van der Waals surface area contributed by atoms with Crippen LogP contribution < -0.4 is 10.1 Å². The van der Waals surface area contributed by atoms with Crippen LogP contribution in [0.5, 0.6) is 5.75 Å². The topological polar surface area (TPSA) is 42.3 Å². The van der Waals surface area contributed by atoms with Crippen molar-refractivity contribution in [3.8, 4) is 11.4 Å². The molecule has 2 aromatic heterocycles. The fraction of sp³-hybridized carbons (Fsp3) is 0.185. The van der Waals surface area contributed by atoms with Gasteiger partial charge in [-0.15, -0.1) is 0 Å². The standard InChI is InChI=1S/C27H23F3N4OS/c1-35-21-12-10-18(11-13-21)17-34-25(24(32-26(34)36)22-8-2-3-14-31-22)23-9-5-15-33(23)20-7-4-6-19(16-20)27(28,29)30/h2-16,24-25H,17H2,1H3,(H,32,36)/t24-,25-/m1/s1. The highest BCUT2D eigenvalue weighted by molar-refractivity contribution is 7.80. The van der Waals surface area contributed by atoms with E-state index in [1.54, 1.807) is 30.1 Å². The predicted octanol–water partition coefficient (Wildman–Crippen LogP) is 6.07. The Morgan fingerprint density at radius 3 is 2.50 bits per heavy atom. The van der Waals surface area contributed by atoms with E-state index in [0.29, 0.717) is 17.3 Å². The third kappa shape index (κ3) is 4.66. The maximum Gasteiger partial charge on any atom is 0.416 e. The van der Waals surface area contributed by atoms with E-state index in [1.165, 1.54) is 6.07 Å². The Labute approximate surface area is 212 Å². The molecule has 3 heterocycles. The Morgan fingerprint density at radius 2 is 1.81 bits per heavy atom. The van der Waals surface area contributed by atoms with E-state index in [0.717, 1.165) is 34.8 Å². The van der Waals surface area contributed by atoms with Crippen LogP contribution in [0.25, 0.3) is 5.69 Å². The van der Waals surface area contributed by atoms with Crippen molar-refractivity contribution in [2.45, 2.75) is 24.8 Å². The smallest absolute Gasteiger partial charge is 0.416 e. The van der Waals surface area contributed by atoms with Crippen molar-refractivity contribution in [2.24, 2.45) is 0 Å². The molecule has 36 heavy (non-hydrogen) atoms. The molecule has 184 valence electrons. The van der Waals surface area contributed by atoms with Gasteiger partial charge in [0, 0.05) is 30.3 Å². The summed E-state index contributed by atoms with van der Waals surface area (Å²) >= 11 is 5.75. The molecule has 5 nitrogen and oxygen atoms in total. The van der Waals surface area contributed by atoms with Gasteiger partial charge in [-0.25, -0.2) is 0 Å². The normalized spacial score (nSPS) is 17.8. The highest BCUT2D eigenvalue weighted by Crippen LogP contribution is 2.41. The number of methoxy groups -OCH3 is 1. The van der Waals surface area contributed by atoms with Gasteiger partial charge in [0.2, 0.25) is 0 Å². The molecule has 0 radical (unpaired) electrons. The van der Waals surface area contributed by atoms with Crippen molar-refractivity contribution in [3.63, 3.8) is 0 Å². The lowest BCUT2D eigenvalue weighted by molar-refractivity contribution is -0.137. The highest BCUT2D eigenvalue weighted by atomic mass is 32.1. The minimum absolute atomic E-state index is 0.295. The van der Waals surface area contributed by atoms with Crippen LogP contribution in [-0.2, 0) is 12.7 Å². The van der Waals surface area contributed by atoms with Gasteiger partial charge >= 0.3 is 6.18 Å². The minimum atomic E-state index is -4.43. The summed E-state index contributed by atoms with van der Waals surface area (Å²) in [6, 6.07) is 21.8. The number of benzene rings is 2. The molecule has 0 spiro atoms. The zero-order valence-corrected chi connectivity index (χ0v) is 20.1. The fourth-order valence-electron chi connectivity index (χ4n) is 4.53. The van der Waals surface area contributed by atoms with Gasteiger partial charge in [0.15, 0.2) is 5.11 Å². The maximum atomic E-state index is 13.4. The number of aromatic nitrogens is 2. The molecule has 1 saturated heterocycles. The van der Waals surface area contributed by atoms with Crippen molar-refractivity contribution in [3.05, 3.63) is 114 Å². The molecule has 2 atom stereocenters. The number of nitrogens with zero attached hydrogens (tertiary/aromatic N) is 3. The molecular weight excluding hydrogens is 485 g/mol.